The predicted molar refractivity (Wildman–Crippen MR) is 95.9 cm³/mol. The molecule has 128 valence electrons. The highest BCUT2D eigenvalue weighted by Crippen LogP contribution is 2.33. The van der Waals surface area contributed by atoms with Crippen molar-refractivity contribution >= 4 is 35.6 Å². The van der Waals surface area contributed by atoms with E-state index in [0.717, 1.165) is 36.9 Å². The number of anilines is 2. The van der Waals surface area contributed by atoms with Gasteiger partial charge in [0.15, 0.2) is 0 Å². The number of carbonyl (C=O) groups excluding carboxylic acids is 2. The molecule has 1 aliphatic carbocycles. The number of benzene rings is 1. The molecule has 0 aliphatic heterocycles. The van der Waals surface area contributed by atoms with Gasteiger partial charge in [0.2, 0.25) is 11.8 Å². The summed E-state index contributed by atoms with van der Waals surface area (Å²) in [4.78, 5) is 23.7. The second-order valence-electron chi connectivity index (χ2n) is 6.50. The van der Waals surface area contributed by atoms with Crippen LogP contribution in [0.25, 0.3) is 0 Å². The van der Waals surface area contributed by atoms with Gasteiger partial charge in [-0.3, -0.25) is 9.59 Å². The minimum absolute atomic E-state index is 0. The number of aryl methyl sites for hydroxylation is 1. The fourth-order valence-electron chi connectivity index (χ4n) is 3.05. The topological polar surface area (TPSA) is 84.2 Å². The molecule has 1 saturated carbocycles. The highest BCUT2D eigenvalue weighted by atomic mass is 35.5. The maximum absolute atomic E-state index is 12.6. The Morgan fingerprint density at radius 1 is 1.26 bits per heavy atom. The van der Waals surface area contributed by atoms with Gasteiger partial charge in [-0.25, -0.2) is 0 Å². The first-order valence-electron chi connectivity index (χ1n) is 7.77. The molecule has 23 heavy (non-hydrogen) atoms. The van der Waals surface area contributed by atoms with Crippen molar-refractivity contribution in [2.45, 2.75) is 52.0 Å². The first-order valence-corrected chi connectivity index (χ1v) is 7.77. The van der Waals surface area contributed by atoms with Crippen LogP contribution in [0.2, 0.25) is 0 Å². The van der Waals surface area contributed by atoms with Crippen molar-refractivity contribution in [3.05, 3.63) is 23.8 Å². The summed E-state index contributed by atoms with van der Waals surface area (Å²) in [6.45, 7) is 5.34. The molecule has 2 atom stereocenters. The van der Waals surface area contributed by atoms with Crippen LogP contribution in [0.5, 0.6) is 0 Å². The fraction of sp³-hybridized carbons (Fsp3) is 0.529. The Balaban J connectivity index is 0.00000264. The maximum atomic E-state index is 12.6. The highest BCUT2D eigenvalue weighted by molar-refractivity contribution is 5.96. The van der Waals surface area contributed by atoms with Crippen molar-refractivity contribution in [1.29, 1.82) is 0 Å². The third kappa shape index (κ3) is 4.94. The van der Waals surface area contributed by atoms with Gasteiger partial charge in [-0.15, -0.1) is 12.4 Å². The average molecular weight is 340 g/mol. The lowest BCUT2D eigenvalue weighted by atomic mass is 9.74. The van der Waals surface area contributed by atoms with Gasteiger partial charge in [0.05, 0.1) is 5.92 Å². The fourth-order valence-corrected chi connectivity index (χ4v) is 3.05. The second-order valence-corrected chi connectivity index (χ2v) is 6.50. The van der Waals surface area contributed by atoms with Gasteiger partial charge < -0.3 is 16.4 Å². The van der Waals surface area contributed by atoms with E-state index < -0.39 is 5.54 Å². The van der Waals surface area contributed by atoms with Gasteiger partial charge in [0.1, 0.15) is 0 Å². The summed E-state index contributed by atoms with van der Waals surface area (Å²) in [7, 11) is 0. The quantitative estimate of drug-likeness (QED) is 0.790. The monoisotopic (exact) mass is 339 g/mol. The Labute approximate surface area is 143 Å². The summed E-state index contributed by atoms with van der Waals surface area (Å²) in [5, 5.41) is 5.71. The Hall–Kier alpha value is -1.59. The van der Waals surface area contributed by atoms with E-state index in [9.17, 15) is 9.59 Å². The molecule has 0 spiro atoms. The summed E-state index contributed by atoms with van der Waals surface area (Å²) in [6, 6.07) is 5.48. The lowest BCUT2D eigenvalue weighted by Gasteiger charge is -2.37. The van der Waals surface area contributed by atoms with E-state index in [0.29, 0.717) is 5.69 Å². The van der Waals surface area contributed by atoms with Gasteiger partial charge in [-0.1, -0.05) is 18.9 Å². The van der Waals surface area contributed by atoms with Crippen molar-refractivity contribution < 1.29 is 9.59 Å². The number of halogens is 1. The summed E-state index contributed by atoms with van der Waals surface area (Å²) >= 11 is 0. The van der Waals surface area contributed by atoms with Crippen LogP contribution in [0.4, 0.5) is 11.4 Å². The normalized spacial score (nSPS) is 23.6. The molecule has 4 N–H and O–H groups in total. The molecule has 0 aromatic heterocycles. The Morgan fingerprint density at radius 3 is 2.57 bits per heavy atom. The van der Waals surface area contributed by atoms with E-state index in [1.165, 1.54) is 6.92 Å². The van der Waals surface area contributed by atoms with Crippen molar-refractivity contribution in [3.8, 4) is 0 Å². The van der Waals surface area contributed by atoms with Gasteiger partial charge in [-0.05, 0) is 44.4 Å². The Bertz CT molecular complexity index is 587. The molecule has 6 heteroatoms. The largest absolute Gasteiger partial charge is 0.326 e. The molecule has 1 aromatic rings. The number of carbonyl (C=O) groups is 2. The first kappa shape index (κ1) is 19.5. The number of amides is 2. The summed E-state index contributed by atoms with van der Waals surface area (Å²) in [6.07, 6.45) is 3.81. The third-order valence-electron chi connectivity index (χ3n) is 4.39. The van der Waals surface area contributed by atoms with Gasteiger partial charge in [-0.2, -0.15) is 0 Å². The lowest BCUT2D eigenvalue weighted by Crippen LogP contribution is -2.51. The van der Waals surface area contributed by atoms with Crippen molar-refractivity contribution in [2.24, 2.45) is 11.7 Å². The van der Waals surface area contributed by atoms with Crippen LogP contribution < -0.4 is 16.4 Å². The predicted octanol–water partition coefficient (Wildman–Crippen LogP) is 3.22. The number of rotatable bonds is 3. The van der Waals surface area contributed by atoms with Crippen molar-refractivity contribution in [2.75, 3.05) is 10.6 Å². The minimum Gasteiger partial charge on any atom is -0.326 e. The van der Waals surface area contributed by atoms with Crippen molar-refractivity contribution in [1.82, 2.24) is 0 Å². The van der Waals surface area contributed by atoms with Crippen LogP contribution in [0.15, 0.2) is 18.2 Å². The molecule has 1 aliphatic rings. The van der Waals surface area contributed by atoms with E-state index in [4.69, 9.17) is 5.73 Å². The SMILES string of the molecule is CC(=O)Nc1ccc(C)c(NC(=O)C2CCCCC2(C)N)c1.Cl. The molecule has 0 bridgehead atoms. The Morgan fingerprint density at radius 2 is 1.96 bits per heavy atom. The number of nitrogens with two attached hydrogens (primary N) is 1. The molecule has 1 aromatic carbocycles. The van der Waals surface area contributed by atoms with Crippen LogP contribution in [-0.2, 0) is 9.59 Å². The molecule has 0 heterocycles. The first-order chi connectivity index (χ1) is 10.3. The van der Waals surface area contributed by atoms with E-state index >= 15 is 0 Å². The van der Waals surface area contributed by atoms with Crippen LogP contribution >= 0.6 is 12.4 Å². The van der Waals surface area contributed by atoms with E-state index in [2.05, 4.69) is 10.6 Å². The maximum Gasteiger partial charge on any atom is 0.229 e. The highest BCUT2D eigenvalue weighted by Gasteiger charge is 2.37. The van der Waals surface area contributed by atoms with E-state index in [1.807, 2.05) is 26.0 Å². The van der Waals surface area contributed by atoms with Crippen LogP contribution in [0, 0.1) is 12.8 Å². The van der Waals surface area contributed by atoms with Gasteiger partial charge in [0.25, 0.3) is 0 Å². The zero-order chi connectivity index (χ0) is 16.3. The lowest BCUT2D eigenvalue weighted by molar-refractivity contribution is -0.122. The molecular weight excluding hydrogens is 314 g/mol. The summed E-state index contributed by atoms with van der Waals surface area (Å²) in [5.74, 6) is -0.346. The average Bonchev–Trinajstić information content (AvgIpc) is 2.41. The number of nitrogens with one attached hydrogen (secondary N) is 2. The second kappa shape index (κ2) is 7.79. The minimum atomic E-state index is -0.453. The zero-order valence-electron chi connectivity index (χ0n) is 13.9. The summed E-state index contributed by atoms with van der Waals surface area (Å²) in [5.41, 5.74) is 8.19. The smallest absolute Gasteiger partial charge is 0.229 e. The Kier molecular flexibility index (Phi) is 6.59. The van der Waals surface area contributed by atoms with Crippen LogP contribution in [-0.4, -0.2) is 17.4 Å². The third-order valence-corrected chi connectivity index (χ3v) is 4.39. The van der Waals surface area contributed by atoms with Crippen LogP contribution in [0.3, 0.4) is 0 Å². The van der Waals surface area contributed by atoms with Gasteiger partial charge >= 0.3 is 0 Å². The zero-order valence-corrected chi connectivity index (χ0v) is 14.8. The van der Waals surface area contributed by atoms with Crippen LogP contribution in [0.1, 0.15) is 45.1 Å². The van der Waals surface area contributed by atoms with E-state index in [1.54, 1.807) is 6.07 Å². The van der Waals surface area contributed by atoms with E-state index in [-0.39, 0.29) is 30.1 Å². The number of hydrogen-bond donors (Lipinski definition) is 3. The standard InChI is InChI=1S/C17H25N3O2.ClH/c1-11-7-8-13(19-12(2)21)10-15(11)20-16(22)14-6-4-5-9-17(14,3)18;/h7-8,10,14H,4-6,9,18H2,1-3H3,(H,19,21)(H,20,22);1H. The van der Waals surface area contributed by atoms with Crippen molar-refractivity contribution in [3.63, 3.8) is 0 Å². The molecule has 2 unspecified atom stereocenters. The molecule has 5 nitrogen and oxygen atoms in total. The molecule has 2 amide bonds. The molecule has 1 fully saturated rings. The molecule has 0 saturated heterocycles. The van der Waals surface area contributed by atoms with Gasteiger partial charge in [0, 0.05) is 23.8 Å². The molecule has 0 radical (unpaired) electrons. The number of hydrogen-bond acceptors (Lipinski definition) is 3. The molecular formula is C17H26ClN3O2. The summed E-state index contributed by atoms with van der Waals surface area (Å²) < 4.78 is 0. The molecule has 2 rings (SSSR count).